The first-order valence-corrected chi connectivity index (χ1v) is 5.50. The molecule has 3 rings (SSSR count). The Bertz CT molecular complexity index is 704. The van der Waals surface area contributed by atoms with Gasteiger partial charge in [0.25, 0.3) is 0 Å². The Kier molecular flexibility index (Phi) is 2.28. The molecule has 0 fully saturated rings. The third-order valence-electron chi connectivity index (χ3n) is 2.93. The molecule has 0 aromatic heterocycles. The maximum absolute atomic E-state index is 11.4. The van der Waals surface area contributed by atoms with E-state index in [1.165, 1.54) is 0 Å². The number of fused-ring (bicyclic) bond motifs is 1. The minimum absolute atomic E-state index is 0.143. The molecule has 0 unspecified atom stereocenters. The van der Waals surface area contributed by atoms with Crippen molar-refractivity contribution >= 4 is 11.9 Å². The summed E-state index contributed by atoms with van der Waals surface area (Å²) in [6.07, 6.45) is 0. The van der Waals surface area contributed by atoms with Gasteiger partial charge in [-0.05, 0) is 11.6 Å². The number of carboxylic acids is 2. The zero-order valence-corrected chi connectivity index (χ0v) is 9.58. The van der Waals surface area contributed by atoms with E-state index in [9.17, 15) is 14.7 Å². The first-order chi connectivity index (χ1) is 9.09. The first-order valence-electron chi connectivity index (χ1n) is 5.50. The Morgan fingerprint density at radius 1 is 0.947 bits per heavy atom. The molecule has 0 spiro atoms. The average Bonchev–Trinajstić information content (AvgIpc) is 3.15. The van der Waals surface area contributed by atoms with Crippen LogP contribution in [-0.4, -0.2) is 22.2 Å². The lowest BCUT2D eigenvalue weighted by Gasteiger charge is -2.06. The van der Waals surface area contributed by atoms with Crippen molar-refractivity contribution < 1.29 is 24.5 Å². The number of benzene rings is 2. The van der Waals surface area contributed by atoms with Crippen molar-refractivity contribution in [3.63, 3.8) is 0 Å². The fourth-order valence-corrected chi connectivity index (χ4v) is 2.08. The monoisotopic (exact) mass is 256 g/mol. The van der Waals surface area contributed by atoms with Crippen molar-refractivity contribution in [2.45, 2.75) is 0 Å². The van der Waals surface area contributed by atoms with E-state index in [4.69, 9.17) is 9.84 Å². The lowest BCUT2D eigenvalue weighted by molar-refractivity contribution is 0.0652. The highest BCUT2D eigenvalue weighted by Crippen LogP contribution is 2.52. The van der Waals surface area contributed by atoms with Crippen molar-refractivity contribution in [1.82, 2.24) is 0 Å². The van der Waals surface area contributed by atoms with Crippen molar-refractivity contribution in [2.24, 2.45) is 0 Å². The Morgan fingerprint density at radius 3 is 2.16 bits per heavy atom. The van der Waals surface area contributed by atoms with E-state index in [0.717, 1.165) is 0 Å². The van der Waals surface area contributed by atoms with Crippen LogP contribution >= 0.6 is 0 Å². The zero-order chi connectivity index (χ0) is 13.6. The Hall–Kier alpha value is -2.82. The van der Waals surface area contributed by atoms with Gasteiger partial charge in [-0.3, -0.25) is 0 Å². The minimum atomic E-state index is -1.30. The smallest absolute Gasteiger partial charge is 0.340 e. The van der Waals surface area contributed by atoms with Crippen LogP contribution in [0.3, 0.4) is 0 Å². The van der Waals surface area contributed by atoms with Gasteiger partial charge in [0.05, 0.1) is 5.56 Å². The third-order valence-corrected chi connectivity index (χ3v) is 2.93. The normalized spacial score (nSPS) is 11.4. The van der Waals surface area contributed by atoms with Gasteiger partial charge < -0.3 is 14.9 Å². The maximum atomic E-state index is 11.4. The summed E-state index contributed by atoms with van der Waals surface area (Å²) in [6, 6.07) is 10.3. The molecule has 1 aliphatic rings. The minimum Gasteiger partial charge on any atom is -0.478 e. The predicted octanol–water partition coefficient (Wildman–Crippen LogP) is 2.86. The van der Waals surface area contributed by atoms with Gasteiger partial charge in [-0.15, -0.1) is 0 Å². The molecule has 2 N–H and O–H groups in total. The van der Waals surface area contributed by atoms with Crippen LogP contribution in [-0.2, 0) is 0 Å². The quantitative estimate of drug-likeness (QED) is 0.703. The molecule has 0 saturated heterocycles. The molecule has 0 aliphatic carbocycles. The van der Waals surface area contributed by atoms with Crippen molar-refractivity contribution in [3.8, 4) is 22.6 Å². The summed E-state index contributed by atoms with van der Waals surface area (Å²) < 4.78 is 5.04. The molecular weight excluding hydrogens is 248 g/mol. The van der Waals surface area contributed by atoms with Gasteiger partial charge in [0, 0.05) is 5.56 Å². The number of aromatic carboxylic acids is 2. The summed E-state index contributed by atoms with van der Waals surface area (Å²) in [6.45, 7) is 0. The second-order valence-electron chi connectivity index (χ2n) is 4.08. The SMILES string of the molecule is O=C(O)c1c(-c2ccccc2)cc2c(c1C(=O)O)O2. The summed E-state index contributed by atoms with van der Waals surface area (Å²) in [5, 5.41) is 18.4. The molecule has 1 heterocycles. The lowest BCUT2D eigenvalue weighted by atomic mass is 9.95. The lowest BCUT2D eigenvalue weighted by Crippen LogP contribution is -2.08. The number of carbonyl (C=O) groups is 2. The van der Waals surface area contributed by atoms with Crippen molar-refractivity contribution in [2.75, 3.05) is 0 Å². The van der Waals surface area contributed by atoms with Crippen LogP contribution in [0.1, 0.15) is 20.7 Å². The summed E-state index contributed by atoms with van der Waals surface area (Å²) in [5.41, 5.74) is 0.459. The van der Waals surface area contributed by atoms with Gasteiger partial charge in [-0.1, -0.05) is 30.3 Å². The van der Waals surface area contributed by atoms with Crippen LogP contribution in [0.25, 0.3) is 11.1 Å². The number of ether oxygens (including phenoxy) is 1. The standard InChI is InChI=1S/C14H8O5/c15-13(16)10-8(7-4-2-1-3-5-7)6-9-12(19-9)11(10)14(17)18/h1-6H,(H,15,16)(H,17,18). The Morgan fingerprint density at radius 2 is 1.58 bits per heavy atom. The number of hydrogen-bond donors (Lipinski definition) is 2. The summed E-state index contributed by atoms with van der Waals surface area (Å²) in [4.78, 5) is 22.6. The fraction of sp³-hybridized carbons (Fsp3) is 0. The Labute approximate surface area is 107 Å². The van der Waals surface area contributed by atoms with E-state index >= 15 is 0 Å². The van der Waals surface area contributed by atoms with Gasteiger partial charge in [-0.2, -0.15) is 0 Å². The number of carboxylic acid groups (broad SMARTS) is 2. The van der Waals surface area contributed by atoms with E-state index in [0.29, 0.717) is 16.9 Å². The van der Waals surface area contributed by atoms with Crippen LogP contribution in [0.15, 0.2) is 36.4 Å². The third kappa shape index (κ3) is 1.72. The number of rotatable bonds is 3. The Balaban J connectivity index is 2.32. The highest BCUT2D eigenvalue weighted by molar-refractivity contribution is 6.10. The fourth-order valence-electron chi connectivity index (χ4n) is 2.08. The molecule has 2 aromatic carbocycles. The number of hydrogen-bond acceptors (Lipinski definition) is 3. The summed E-state index contributed by atoms with van der Waals surface area (Å²) >= 11 is 0. The topological polar surface area (TPSA) is 87.1 Å². The maximum Gasteiger partial charge on any atom is 0.340 e. The molecule has 94 valence electrons. The largest absolute Gasteiger partial charge is 0.478 e. The summed E-state index contributed by atoms with van der Waals surface area (Å²) in [5.74, 6) is -2.02. The molecule has 0 atom stereocenters. The van der Waals surface area contributed by atoms with E-state index in [-0.39, 0.29) is 16.9 Å². The molecule has 19 heavy (non-hydrogen) atoms. The second-order valence-corrected chi connectivity index (χ2v) is 4.08. The van der Waals surface area contributed by atoms with Crippen LogP contribution < -0.4 is 4.74 Å². The molecule has 1 aliphatic heterocycles. The van der Waals surface area contributed by atoms with Gasteiger partial charge in [-0.25, -0.2) is 9.59 Å². The van der Waals surface area contributed by atoms with Crippen molar-refractivity contribution in [3.05, 3.63) is 47.5 Å². The van der Waals surface area contributed by atoms with Crippen LogP contribution in [0, 0.1) is 0 Å². The average molecular weight is 256 g/mol. The van der Waals surface area contributed by atoms with Crippen LogP contribution in [0.5, 0.6) is 11.5 Å². The molecule has 2 aromatic rings. The molecule has 0 saturated carbocycles. The van der Waals surface area contributed by atoms with E-state index in [1.54, 1.807) is 36.4 Å². The van der Waals surface area contributed by atoms with Gasteiger partial charge >= 0.3 is 11.9 Å². The molecule has 5 nitrogen and oxygen atoms in total. The predicted molar refractivity (Wildman–Crippen MR) is 65.9 cm³/mol. The molecule has 0 radical (unpaired) electrons. The van der Waals surface area contributed by atoms with E-state index in [1.807, 2.05) is 0 Å². The molecule has 5 heteroatoms. The van der Waals surface area contributed by atoms with Gasteiger partial charge in [0.1, 0.15) is 5.56 Å². The molecule has 0 amide bonds. The van der Waals surface area contributed by atoms with E-state index in [2.05, 4.69) is 0 Å². The first kappa shape index (κ1) is 11.3. The molecular formula is C14H8O5. The van der Waals surface area contributed by atoms with Crippen LogP contribution in [0.2, 0.25) is 0 Å². The van der Waals surface area contributed by atoms with E-state index < -0.39 is 11.9 Å². The summed E-state index contributed by atoms with van der Waals surface area (Å²) in [7, 11) is 0. The van der Waals surface area contributed by atoms with Gasteiger partial charge in [0.15, 0.2) is 11.5 Å². The van der Waals surface area contributed by atoms with Crippen LogP contribution in [0.4, 0.5) is 0 Å². The zero-order valence-electron chi connectivity index (χ0n) is 9.58. The van der Waals surface area contributed by atoms with Gasteiger partial charge in [0.2, 0.25) is 0 Å². The molecule has 0 bridgehead atoms. The highest BCUT2D eigenvalue weighted by Gasteiger charge is 2.36. The highest BCUT2D eigenvalue weighted by atomic mass is 16.6. The van der Waals surface area contributed by atoms with Crippen molar-refractivity contribution in [1.29, 1.82) is 0 Å². The second kappa shape index (κ2) is 3.84.